The van der Waals surface area contributed by atoms with Crippen molar-refractivity contribution in [2.45, 2.75) is 70.7 Å². The number of aromatic nitrogens is 2. The van der Waals surface area contributed by atoms with Crippen LogP contribution in [-0.4, -0.2) is 58.5 Å². The van der Waals surface area contributed by atoms with Gasteiger partial charge in [-0.15, -0.1) is 0 Å². The molecule has 0 aromatic carbocycles. The second kappa shape index (κ2) is 8.12. The summed E-state index contributed by atoms with van der Waals surface area (Å²) in [5.74, 6) is 0.119. The average Bonchev–Trinajstić information content (AvgIpc) is 3.24. The van der Waals surface area contributed by atoms with Crippen LogP contribution in [0.4, 0.5) is 0 Å². The number of likely N-dealkylation sites (tertiary alicyclic amines) is 1. The topological polar surface area (TPSA) is 59.4 Å². The third-order valence-corrected chi connectivity index (χ3v) is 5.24. The number of nitrogens with one attached hydrogen (secondary N) is 1. The fraction of sp³-hybridized carbons (Fsp3) is 0.778. The van der Waals surface area contributed by atoms with Gasteiger partial charge in [0.15, 0.2) is 0 Å². The number of nitrogens with zero attached hydrogens (tertiary/aromatic N) is 3. The molecule has 1 N–H and O–H groups in total. The Hall–Kier alpha value is -1.40. The van der Waals surface area contributed by atoms with Crippen LogP contribution in [0, 0.1) is 6.92 Å². The van der Waals surface area contributed by atoms with E-state index in [0.29, 0.717) is 12.6 Å². The molecule has 2 aliphatic heterocycles. The molecule has 134 valence electrons. The molecule has 0 aliphatic carbocycles. The zero-order chi connectivity index (χ0) is 16.9. The molecule has 0 radical (unpaired) electrons. The van der Waals surface area contributed by atoms with Crippen LogP contribution in [0.25, 0.3) is 0 Å². The monoisotopic (exact) mass is 334 g/mol. The maximum atomic E-state index is 12.6. The molecule has 3 unspecified atom stereocenters. The smallest absolute Gasteiger partial charge is 0.237 e. The van der Waals surface area contributed by atoms with Crippen molar-refractivity contribution < 1.29 is 9.53 Å². The lowest BCUT2D eigenvalue weighted by atomic mass is 9.99. The summed E-state index contributed by atoms with van der Waals surface area (Å²) in [4.78, 5) is 14.9. The number of carbonyl (C=O) groups excluding carboxylic acids is 1. The summed E-state index contributed by atoms with van der Waals surface area (Å²) in [6, 6.07) is 0.273. The van der Waals surface area contributed by atoms with Gasteiger partial charge in [-0.3, -0.25) is 14.4 Å². The van der Waals surface area contributed by atoms with Gasteiger partial charge in [-0.1, -0.05) is 6.42 Å². The summed E-state index contributed by atoms with van der Waals surface area (Å²) in [7, 11) is 0. The predicted molar refractivity (Wildman–Crippen MR) is 92.8 cm³/mol. The van der Waals surface area contributed by atoms with E-state index in [1.165, 1.54) is 12.0 Å². The molecule has 3 rings (SSSR count). The van der Waals surface area contributed by atoms with Crippen LogP contribution in [0.1, 0.15) is 44.6 Å². The molecular formula is C18H30N4O2. The van der Waals surface area contributed by atoms with Crippen molar-refractivity contribution in [3.63, 3.8) is 0 Å². The standard InChI is InChI=1S/C18H30N4O2/c1-14-10-20-21(12-14)13-16-6-3-4-8-22(16)15(2)18(23)19-11-17-7-5-9-24-17/h10,12,15-17H,3-9,11,13H2,1-2H3,(H,19,23). The first-order valence-electron chi connectivity index (χ1n) is 9.27. The fourth-order valence-corrected chi connectivity index (χ4v) is 3.83. The Kier molecular flexibility index (Phi) is 5.89. The van der Waals surface area contributed by atoms with E-state index in [2.05, 4.69) is 28.4 Å². The van der Waals surface area contributed by atoms with Crippen molar-refractivity contribution in [2.24, 2.45) is 0 Å². The first kappa shape index (κ1) is 17.4. The summed E-state index contributed by atoms with van der Waals surface area (Å²) in [6.07, 6.45) is 9.85. The Bertz CT molecular complexity index is 539. The molecule has 1 aromatic rings. The van der Waals surface area contributed by atoms with Crippen molar-refractivity contribution in [1.29, 1.82) is 0 Å². The van der Waals surface area contributed by atoms with Gasteiger partial charge in [0.1, 0.15) is 0 Å². The predicted octanol–water partition coefficient (Wildman–Crippen LogP) is 1.73. The molecular weight excluding hydrogens is 304 g/mol. The van der Waals surface area contributed by atoms with E-state index >= 15 is 0 Å². The fourth-order valence-electron chi connectivity index (χ4n) is 3.83. The molecule has 2 fully saturated rings. The number of aryl methyl sites for hydroxylation is 1. The van der Waals surface area contributed by atoms with E-state index in [9.17, 15) is 4.79 Å². The molecule has 2 saturated heterocycles. The Balaban J connectivity index is 1.55. The number of amides is 1. The minimum absolute atomic E-state index is 0.103. The summed E-state index contributed by atoms with van der Waals surface area (Å²) >= 11 is 0. The third-order valence-electron chi connectivity index (χ3n) is 5.24. The largest absolute Gasteiger partial charge is 0.376 e. The first-order chi connectivity index (χ1) is 11.6. The van der Waals surface area contributed by atoms with Gasteiger partial charge < -0.3 is 10.1 Å². The summed E-state index contributed by atoms with van der Waals surface area (Å²) in [5.41, 5.74) is 1.18. The maximum absolute atomic E-state index is 12.6. The highest BCUT2D eigenvalue weighted by Crippen LogP contribution is 2.21. The third kappa shape index (κ3) is 4.36. The van der Waals surface area contributed by atoms with E-state index in [4.69, 9.17) is 4.74 Å². The van der Waals surface area contributed by atoms with Crippen molar-refractivity contribution in [3.8, 4) is 0 Å². The molecule has 2 aliphatic rings. The maximum Gasteiger partial charge on any atom is 0.237 e. The number of ether oxygens (including phenoxy) is 1. The molecule has 6 nitrogen and oxygen atoms in total. The van der Waals surface area contributed by atoms with E-state index in [-0.39, 0.29) is 18.1 Å². The Morgan fingerprint density at radius 2 is 2.29 bits per heavy atom. The van der Waals surface area contributed by atoms with Gasteiger partial charge in [-0.2, -0.15) is 5.10 Å². The molecule has 3 atom stereocenters. The van der Waals surface area contributed by atoms with Crippen LogP contribution in [0.3, 0.4) is 0 Å². The molecule has 6 heteroatoms. The van der Waals surface area contributed by atoms with E-state index in [0.717, 1.165) is 45.4 Å². The molecule has 1 amide bonds. The molecule has 3 heterocycles. The van der Waals surface area contributed by atoms with Gasteiger partial charge in [0.2, 0.25) is 5.91 Å². The van der Waals surface area contributed by atoms with Crippen molar-refractivity contribution in [3.05, 3.63) is 18.0 Å². The van der Waals surface area contributed by atoms with Crippen LogP contribution in [0.5, 0.6) is 0 Å². The first-order valence-corrected chi connectivity index (χ1v) is 9.27. The zero-order valence-corrected chi connectivity index (χ0v) is 14.9. The lowest BCUT2D eigenvalue weighted by Gasteiger charge is -2.39. The summed E-state index contributed by atoms with van der Waals surface area (Å²) in [5, 5.41) is 7.49. The normalized spacial score (nSPS) is 26.4. The lowest BCUT2D eigenvalue weighted by Crippen LogP contribution is -2.53. The van der Waals surface area contributed by atoms with E-state index in [1.807, 2.05) is 17.8 Å². The second-order valence-corrected chi connectivity index (χ2v) is 7.18. The Morgan fingerprint density at radius 1 is 1.42 bits per heavy atom. The van der Waals surface area contributed by atoms with Gasteiger partial charge in [-0.05, 0) is 51.6 Å². The number of hydrogen-bond donors (Lipinski definition) is 1. The number of rotatable bonds is 6. The minimum atomic E-state index is -0.103. The van der Waals surface area contributed by atoms with Crippen LogP contribution in [0.15, 0.2) is 12.4 Å². The van der Waals surface area contributed by atoms with Crippen LogP contribution in [0.2, 0.25) is 0 Å². The highest BCUT2D eigenvalue weighted by atomic mass is 16.5. The quantitative estimate of drug-likeness (QED) is 0.861. The second-order valence-electron chi connectivity index (χ2n) is 7.18. The van der Waals surface area contributed by atoms with Gasteiger partial charge >= 0.3 is 0 Å². The van der Waals surface area contributed by atoms with Crippen molar-refractivity contribution in [2.75, 3.05) is 19.7 Å². The van der Waals surface area contributed by atoms with Crippen LogP contribution >= 0.6 is 0 Å². The van der Waals surface area contributed by atoms with Gasteiger partial charge in [0.05, 0.1) is 24.9 Å². The molecule has 0 bridgehead atoms. The SMILES string of the molecule is Cc1cnn(CC2CCCCN2C(C)C(=O)NCC2CCCO2)c1. The molecule has 0 spiro atoms. The number of piperidine rings is 1. The van der Waals surface area contributed by atoms with Gasteiger partial charge in [0, 0.05) is 25.4 Å². The molecule has 24 heavy (non-hydrogen) atoms. The number of carbonyl (C=O) groups is 1. The number of hydrogen-bond acceptors (Lipinski definition) is 4. The minimum Gasteiger partial charge on any atom is -0.376 e. The van der Waals surface area contributed by atoms with Crippen LogP contribution in [-0.2, 0) is 16.1 Å². The van der Waals surface area contributed by atoms with E-state index in [1.54, 1.807) is 0 Å². The zero-order valence-electron chi connectivity index (χ0n) is 14.9. The van der Waals surface area contributed by atoms with Crippen molar-refractivity contribution in [1.82, 2.24) is 20.0 Å². The lowest BCUT2D eigenvalue weighted by molar-refractivity contribution is -0.128. The van der Waals surface area contributed by atoms with Gasteiger partial charge in [0.25, 0.3) is 0 Å². The van der Waals surface area contributed by atoms with Crippen LogP contribution < -0.4 is 5.32 Å². The Labute approximate surface area is 144 Å². The van der Waals surface area contributed by atoms with E-state index < -0.39 is 0 Å². The molecule has 0 saturated carbocycles. The summed E-state index contributed by atoms with van der Waals surface area (Å²) < 4.78 is 7.60. The van der Waals surface area contributed by atoms with Crippen molar-refractivity contribution >= 4 is 5.91 Å². The molecule has 1 aromatic heterocycles. The Morgan fingerprint density at radius 3 is 3.00 bits per heavy atom. The highest BCUT2D eigenvalue weighted by molar-refractivity contribution is 5.81. The highest BCUT2D eigenvalue weighted by Gasteiger charge is 2.31. The average molecular weight is 334 g/mol. The van der Waals surface area contributed by atoms with Gasteiger partial charge in [-0.25, -0.2) is 0 Å². The summed E-state index contributed by atoms with van der Waals surface area (Å²) in [6.45, 7) is 7.39.